The Morgan fingerprint density at radius 2 is 2.09 bits per heavy atom. The number of sulfonamides is 1. The fourth-order valence-corrected chi connectivity index (χ4v) is 4.26. The minimum absolute atomic E-state index is 0.0644. The number of anilines is 2. The molecule has 1 aromatic carbocycles. The standard InChI is InChI=1S/C21H22F2N6O3S/c1-2-9-33(31,32)29-16-7-6-15(22)18(19(16)23)20(30)13-10-25-11-14(13)21(27-12-24)28-17-5-3-4-8-26-17/h3-8,10,12,25,29H,2,9,11H2,1H3,(H2,24,27)(H,26,28)/b21-14-. The van der Waals surface area contributed by atoms with E-state index in [4.69, 9.17) is 5.73 Å². The molecule has 2 heterocycles. The lowest BCUT2D eigenvalue weighted by molar-refractivity contribution is 0.102. The number of halogens is 2. The topological polar surface area (TPSA) is 139 Å². The number of hydrogen-bond donors (Lipinski definition) is 4. The van der Waals surface area contributed by atoms with Gasteiger partial charge in [-0.2, -0.15) is 0 Å². The zero-order valence-corrected chi connectivity index (χ0v) is 18.4. The van der Waals surface area contributed by atoms with Gasteiger partial charge in [-0.15, -0.1) is 0 Å². The van der Waals surface area contributed by atoms with Gasteiger partial charge in [-0.1, -0.05) is 13.0 Å². The first-order valence-corrected chi connectivity index (χ1v) is 11.5. The molecule has 0 bridgehead atoms. The molecule has 0 unspecified atom stereocenters. The summed E-state index contributed by atoms with van der Waals surface area (Å²) in [5.41, 5.74) is 4.26. The summed E-state index contributed by atoms with van der Waals surface area (Å²) in [5, 5.41) is 5.76. The van der Waals surface area contributed by atoms with E-state index in [0.29, 0.717) is 17.8 Å². The molecule has 0 spiro atoms. The highest BCUT2D eigenvalue weighted by Gasteiger charge is 2.30. The molecule has 1 aliphatic heterocycles. The zero-order chi connectivity index (χ0) is 24.0. The third-order valence-electron chi connectivity index (χ3n) is 4.55. The molecule has 0 radical (unpaired) electrons. The quantitative estimate of drug-likeness (QED) is 0.248. The predicted molar refractivity (Wildman–Crippen MR) is 122 cm³/mol. The van der Waals surface area contributed by atoms with Crippen LogP contribution in [0.3, 0.4) is 0 Å². The minimum atomic E-state index is -3.86. The zero-order valence-electron chi connectivity index (χ0n) is 17.6. The van der Waals surface area contributed by atoms with Crippen molar-refractivity contribution in [2.75, 3.05) is 22.3 Å². The summed E-state index contributed by atoms with van der Waals surface area (Å²) in [6, 6.07) is 6.86. The maximum absolute atomic E-state index is 15.1. The van der Waals surface area contributed by atoms with E-state index in [0.717, 1.165) is 18.5 Å². The fourth-order valence-electron chi connectivity index (χ4n) is 3.13. The van der Waals surface area contributed by atoms with Gasteiger partial charge in [-0.25, -0.2) is 27.2 Å². The number of aromatic nitrogens is 1. The van der Waals surface area contributed by atoms with Crippen LogP contribution < -0.4 is 21.1 Å². The van der Waals surface area contributed by atoms with E-state index in [1.165, 1.54) is 6.20 Å². The predicted octanol–water partition coefficient (Wildman–Crippen LogP) is 2.49. The molecule has 12 heteroatoms. The number of Topliss-reactive ketones (excluding diaryl/α,β-unsaturated/α-hetero) is 1. The lowest BCUT2D eigenvalue weighted by atomic mass is 9.97. The van der Waals surface area contributed by atoms with Crippen molar-refractivity contribution in [3.8, 4) is 0 Å². The second-order valence-electron chi connectivity index (χ2n) is 6.92. The van der Waals surface area contributed by atoms with Crippen LogP contribution in [0, 0.1) is 11.6 Å². The Morgan fingerprint density at radius 1 is 1.30 bits per heavy atom. The molecule has 1 aromatic heterocycles. The number of ketones is 1. The number of aliphatic imine (C=N–C) groups is 1. The Balaban J connectivity index is 2.01. The molecule has 0 fully saturated rings. The van der Waals surface area contributed by atoms with Crippen molar-refractivity contribution in [3.63, 3.8) is 0 Å². The first kappa shape index (κ1) is 23.9. The summed E-state index contributed by atoms with van der Waals surface area (Å²) < 4.78 is 55.8. The van der Waals surface area contributed by atoms with Gasteiger partial charge >= 0.3 is 0 Å². The van der Waals surface area contributed by atoms with E-state index in [1.54, 1.807) is 31.3 Å². The summed E-state index contributed by atoms with van der Waals surface area (Å²) in [6.07, 6.45) is 4.14. The average molecular weight is 477 g/mol. The summed E-state index contributed by atoms with van der Waals surface area (Å²) in [7, 11) is -3.86. The van der Waals surface area contributed by atoms with Crippen LogP contribution in [-0.4, -0.2) is 37.8 Å². The second kappa shape index (κ2) is 10.2. The lowest BCUT2D eigenvalue weighted by Crippen LogP contribution is -2.19. The van der Waals surface area contributed by atoms with E-state index in [-0.39, 0.29) is 23.7 Å². The van der Waals surface area contributed by atoms with Gasteiger partial charge in [0.05, 0.1) is 23.3 Å². The first-order valence-electron chi connectivity index (χ1n) is 9.90. The fraction of sp³-hybridized carbons (Fsp3) is 0.190. The highest BCUT2D eigenvalue weighted by molar-refractivity contribution is 7.92. The lowest BCUT2D eigenvalue weighted by Gasteiger charge is -2.14. The molecule has 0 aliphatic carbocycles. The van der Waals surface area contributed by atoms with Gasteiger partial charge < -0.3 is 16.4 Å². The van der Waals surface area contributed by atoms with Crippen molar-refractivity contribution in [3.05, 3.63) is 76.9 Å². The van der Waals surface area contributed by atoms with E-state index >= 15 is 4.39 Å². The van der Waals surface area contributed by atoms with E-state index in [2.05, 4.69) is 25.3 Å². The van der Waals surface area contributed by atoms with Crippen LogP contribution in [-0.2, 0) is 10.0 Å². The molecule has 5 N–H and O–H groups in total. The highest BCUT2D eigenvalue weighted by atomic mass is 32.2. The van der Waals surface area contributed by atoms with Crippen molar-refractivity contribution >= 4 is 33.7 Å². The Hall–Kier alpha value is -3.80. The normalized spacial score (nSPS) is 15.2. The van der Waals surface area contributed by atoms with Gasteiger partial charge in [-0.3, -0.25) is 9.52 Å². The van der Waals surface area contributed by atoms with Gasteiger partial charge in [0.2, 0.25) is 15.8 Å². The van der Waals surface area contributed by atoms with Crippen molar-refractivity contribution < 1.29 is 22.0 Å². The van der Waals surface area contributed by atoms with Gasteiger partial charge in [0.1, 0.15) is 17.5 Å². The number of nitrogens with one attached hydrogen (secondary N) is 3. The Kier molecular flexibility index (Phi) is 7.38. The minimum Gasteiger partial charge on any atom is -0.390 e. The van der Waals surface area contributed by atoms with E-state index in [1.807, 2.05) is 0 Å². The molecule has 33 heavy (non-hydrogen) atoms. The Labute approximate surface area is 189 Å². The van der Waals surface area contributed by atoms with Crippen molar-refractivity contribution in [2.45, 2.75) is 13.3 Å². The van der Waals surface area contributed by atoms with Crippen LogP contribution in [0.4, 0.5) is 20.3 Å². The maximum atomic E-state index is 15.1. The van der Waals surface area contributed by atoms with E-state index < -0.39 is 38.7 Å². The molecule has 2 aromatic rings. The monoisotopic (exact) mass is 476 g/mol. The van der Waals surface area contributed by atoms with Gasteiger partial charge in [-0.05, 0) is 30.7 Å². The van der Waals surface area contributed by atoms with Crippen LogP contribution >= 0.6 is 0 Å². The van der Waals surface area contributed by atoms with Crippen LogP contribution in [0.25, 0.3) is 0 Å². The highest BCUT2D eigenvalue weighted by Crippen LogP contribution is 2.29. The van der Waals surface area contributed by atoms with E-state index in [9.17, 15) is 17.6 Å². The van der Waals surface area contributed by atoms with Crippen molar-refractivity contribution in [1.82, 2.24) is 10.3 Å². The summed E-state index contributed by atoms with van der Waals surface area (Å²) in [6.45, 7) is 1.77. The number of nitrogens with zero attached hydrogens (tertiary/aromatic N) is 2. The maximum Gasteiger partial charge on any atom is 0.232 e. The van der Waals surface area contributed by atoms with Crippen molar-refractivity contribution in [2.24, 2.45) is 10.7 Å². The van der Waals surface area contributed by atoms with Crippen LogP contribution in [0.5, 0.6) is 0 Å². The molecule has 0 saturated heterocycles. The second-order valence-corrected chi connectivity index (χ2v) is 8.76. The number of nitrogens with two attached hydrogens (primary N) is 1. The third-order valence-corrected chi connectivity index (χ3v) is 6.03. The van der Waals surface area contributed by atoms with Gasteiger partial charge in [0, 0.05) is 30.1 Å². The molecule has 3 rings (SSSR count). The Morgan fingerprint density at radius 3 is 2.76 bits per heavy atom. The Bertz CT molecular complexity index is 1240. The summed E-state index contributed by atoms with van der Waals surface area (Å²) in [4.78, 5) is 21.3. The molecular weight excluding hydrogens is 454 g/mol. The smallest absolute Gasteiger partial charge is 0.232 e. The van der Waals surface area contributed by atoms with Crippen LogP contribution in [0.1, 0.15) is 23.7 Å². The first-order chi connectivity index (χ1) is 15.8. The number of carbonyl (C=O) groups is 1. The molecule has 0 atom stereocenters. The number of hydrogen-bond acceptors (Lipinski definition) is 7. The largest absolute Gasteiger partial charge is 0.390 e. The number of pyridine rings is 1. The SMILES string of the molecule is CCCS(=O)(=O)Nc1ccc(F)c(C(=O)C2=CNC/C2=C(\N=CN)Nc2ccccn2)c1F. The summed E-state index contributed by atoms with van der Waals surface area (Å²) in [5.74, 6) is -3.13. The molecule has 0 saturated carbocycles. The molecule has 174 valence electrons. The molecule has 0 amide bonds. The summed E-state index contributed by atoms with van der Waals surface area (Å²) >= 11 is 0. The molecular formula is C21H22F2N6O3S. The van der Waals surface area contributed by atoms with Gasteiger partial charge in [0.15, 0.2) is 5.82 Å². The molecule has 1 aliphatic rings. The van der Waals surface area contributed by atoms with Crippen molar-refractivity contribution in [1.29, 1.82) is 0 Å². The van der Waals surface area contributed by atoms with Gasteiger partial charge in [0.25, 0.3) is 0 Å². The van der Waals surface area contributed by atoms with Crippen LogP contribution in [0.15, 0.2) is 64.7 Å². The number of rotatable bonds is 9. The average Bonchev–Trinajstić information content (AvgIpc) is 3.26. The number of benzene rings is 1. The number of carbonyl (C=O) groups excluding carboxylic acids is 1. The molecule has 9 nitrogen and oxygen atoms in total. The third kappa shape index (κ3) is 5.52. The van der Waals surface area contributed by atoms with Crippen LogP contribution in [0.2, 0.25) is 0 Å².